The Kier molecular flexibility index (Phi) is 3.70. The first-order valence-corrected chi connectivity index (χ1v) is 6.62. The van der Waals surface area contributed by atoms with E-state index in [2.05, 4.69) is 20.4 Å². The molecule has 0 amide bonds. The van der Waals surface area contributed by atoms with Crippen LogP contribution in [0.4, 0.5) is 5.69 Å². The first-order chi connectivity index (χ1) is 10.2. The first kappa shape index (κ1) is 13.4. The molecule has 0 unspecified atom stereocenters. The van der Waals surface area contributed by atoms with Crippen molar-refractivity contribution in [3.05, 3.63) is 59.8 Å². The molecule has 0 fully saturated rings. The minimum Gasteiger partial charge on any atom is -0.508 e. The van der Waals surface area contributed by atoms with Crippen molar-refractivity contribution >= 4 is 17.3 Å². The zero-order chi connectivity index (χ0) is 14.7. The smallest absolute Gasteiger partial charge is 0.155 e. The molecule has 2 N–H and O–H groups in total. The summed E-state index contributed by atoms with van der Waals surface area (Å²) in [5.41, 5.74) is 1.56. The van der Waals surface area contributed by atoms with Crippen LogP contribution < -0.4 is 5.32 Å². The Bertz CT molecular complexity index is 728. The van der Waals surface area contributed by atoms with Gasteiger partial charge in [0.15, 0.2) is 5.82 Å². The highest BCUT2D eigenvalue weighted by atomic mass is 35.5. The van der Waals surface area contributed by atoms with Gasteiger partial charge in [-0.15, -0.1) is 0 Å². The topological polar surface area (TPSA) is 75.9 Å². The SMILES string of the molecule is Oc1ccc(Cl)cc1CNc1ccc(-n2cncn2)nc1. The van der Waals surface area contributed by atoms with Crippen molar-refractivity contribution in [2.75, 3.05) is 5.32 Å². The maximum atomic E-state index is 9.75. The molecular formula is C14H12ClN5O. The summed E-state index contributed by atoms with van der Waals surface area (Å²) in [7, 11) is 0. The molecule has 0 bridgehead atoms. The predicted octanol–water partition coefficient (Wildman–Crippen LogP) is 2.63. The van der Waals surface area contributed by atoms with E-state index in [9.17, 15) is 5.11 Å². The maximum absolute atomic E-state index is 9.75. The summed E-state index contributed by atoms with van der Waals surface area (Å²) in [6.45, 7) is 0.455. The van der Waals surface area contributed by atoms with Gasteiger partial charge in [-0.2, -0.15) is 5.10 Å². The zero-order valence-corrected chi connectivity index (χ0v) is 11.7. The van der Waals surface area contributed by atoms with Crippen LogP contribution in [0.15, 0.2) is 49.2 Å². The number of nitrogens with zero attached hydrogens (tertiary/aromatic N) is 4. The molecule has 6 nitrogen and oxygen atoms in total. The molecule has 0 atom stereocenters. The first-order valence-electron chi connectivity index (χ1n) is 6.25. The predicted molar refractivity (Wildman–Crippen MR) is 79.6 cm³/mol. The van der Waals surface area contributed by atoms with Crippen LogP contribution in [-0.4, -0.2) is 24.9 Å². The Balaban J connectivity index is 1.70. The molecule has 2 heterocycles. The minimum absolute atomic E-state index is 0.207. The van der Waals surface area contributed by atoms with E-state index in [1.54, 1.807) is 35.4 Å². The summed E-state index contributed by atoms with van der Waals surface area (Å²) >= 11 is 5.91. The lowest BCUT2D eigenvalue weighted by Crippen LogP contribution is -2.02. The van der Waals surface area contributed by atoms with Gasteiger partial charge in [0.2, 0.25) is 0 Å². The molecule has 0 saturated carbocycles. The number of rotatable bonds is 4. The second kappa shape index (κ2) is 5.80. The van der Waals surface area contributed by atoms with Gasteiger partial charge in [0.1, 0.15) is 18.4 Å². The van der Waals surface area contributed by atoms with E-state index < -0.39 is 0 Å². The van der Waals surface area contributed by atoms with E-state index in [1.165, 1.54) is 6.33 Å². The Morgan fingerprint density at radius 2 is 2.14 bits per heavy atom. The van der Waals surface area contributed by atoms with E-state index in [-0.39, 0.29) is 5.75 Å². The number of halogens is 1. The molecule has 0 aliphatic rings. The molecule has 21 heavy (non-hydrogen) atoms. The standard InChI is InChI=1S/C14H12ClN5O/c15-11-1-3-13(21)10(5-11)6-17-12-2-4-14(18-7-12)20-9-16-8-19-20/h1-5,7-9,17,21H,6H2. The van der Waals surface area contributed by atoms with Gasteiger partial charge in [-0.1, -0.05) is 11.6 Å². The molecule has 0 aliphatic carbocycles. The summed E-state index contributed by atoms with van der Waals surface area (Å²) in [5.74, 6) is 0.891. The van der Waals surface area contributed by atoms with Crippen LogP contribution >= 0.6 is 11.6 Å². The van der Waals surface area contributed by atoms with Gasteiger partial charge in [0.05, 0.1) is 11.9 Å². The van der Waals surface area contributed by atoms with Gasteiger partial charge in [0, 0.05) is 17.1 Å². The highest BCUT2D eigenvalue weighted by Gasteiger charge is 2.03. The largest absolute Gasteiger partial charge is 0.508 e. The average molecular weight is 302 g/mol. The van der Waals surface area contributed by atoms with Gasteiger partial charge in [-0.3, -0.25) is 0 Å². The van der Waals surface area contributed by atoms with Crippen LogP contribution in [0.25, 0.3) is 5.82 Å². The zero-order valence-electron chi connectivity index (χ0n) is 10.9. The second-order valence-electron chi connectivity index (χ2n) is 4.37. The lowest BCUT2D eigenvalue weighted by atomic mass is 10.2. The number of benzene rings is 1. The van der Waals surface area contributed by atoms with E-state index in [0.29, 0.717) is 17.4 Å². The van der Waals surface area contributed by atoms with Crippen molar-refractivity contribution in [3.8, 4) is 11.6 Å². The molecule has 0 saturated heterocycles. The van der Waals surface area contributed by atoms with E-state index in [4.69, 9.17) is 11.6 Å². The molecule has 0 radical (unpaired) electrons. The van der Waals surface area contributed by atoms with Crippen molar-refractivity contribution in [1.82, 2.24) is 19.7 Å². The molecule has 2 aromatic heterocycles. The number of hydrogen-bond donors (Lipinski definition) is 2. The number of hydrogen-bond acceptors (Lipinski definition) is 5. The van der Waals surface area contributed by atoms with Gasteiger partial charge in [-0.05, 0) is 30.3 Å². The van der Waals surface area contributed by atoms with E-state index >= 15 is 0 Å². The lowest BCUT2D eigenvalue weighted by Gasteiger charge is -2.09. The normalized spacial score (nSPS) is 10.5. The minimum atomic E-state index is 0.207. The highest BCUT2D eigenvalue weighted by molar-refractivity contribution is 6.30. The van der Waals surface area contributed by atoms with Crippen molar-refractivity contribution < 1.29 is 5.11 Å². The van der Waals surface area contributed by atoms with E-state index in [1.807, 2.05) is 12.1 Å². The summed E-state index contributed by atoms with van der Waals surface area (Å²) < 4.78 is 1.58. The number of pyridine rings is 1. The van der Waals surface area contributed by atoms with Gasteiger partial charge >= 0.3 is 0 Å². The lowest BCUT2D eigenvalue weighted by molar-refractivity contribution is 0.469. The monoisotopic (exact) mass is 301 g/mol. The molecule has 0 spiro atoms. The fraction of sp³-hybridized carbons (Fsp3) is 0.0714. The maximum Gasteiger partial charge on any atom is 0.155 e. The Labute approximate surface area is 126 Å². The Hall–Kier alpha value is -2.60. The Morgan fingerprint density at radius 1 is 1.24 bits per heavy atom. The molecule has 1 aromatic carbocycles. The van der Waals surface area contributed by atoms with Crippen molar-refractivity contribution in [2.45, 2.75) is 6.54 Å². The summed E-state index contributed by atoms with van der Waals surface area (Å²) in [5, 5.41) is 17.5. The third kappa shape index (κ3) is 3.11. The summed E-state index contributed by atoms with van der Waals surface area (Å²) in [6.07, 6.45) is 4.73. The van der Waals surface area contributed by atoms with Crippen LogP contribution in [0.3, 0.4) is 0 Å². The highest BCUT2D eigenvalue weighted by Crippen LogP contribution is 2.22. The van der Waals surface area contributed by atoms with Gasteiger partial charge < -0.3 is 10.4 Å². The van der Waals surface area contributed by atoms with Gasteiger partial charge in [-0.25, -0.2) is 14.6 Å². The van der Waals surface area contributed by atoms with Gasteiger partial charge in [0.25, 0.3) is 0 Å². The molecule has 0 aliphatic heterocycles. The fourth-order valence-electron chi connectivity index (χ4n) is 1.85. The van der Waals surface area contributed by atoms with Crippen LogP contribution in [0.5, 0.6) is 5.75 Å². The number of phenols is 1. The number of anilines is 1. The summed E-state index contributed by atoms with van der Waals surface area (Å²) in [4.78, 5) is 8.15. The van der Waals surface area contributed by atoms with Crippen LogP contribution in [0.1, 0.15) is 5.56 Å². The molecular weight excluding hydrogens is 290 g/mol. The third-order valence-electron chi connectivity index (χ3n) is 2.93. The second-order valence-corrected chi connectivity index (χ2v) is 4.81. The van der Waals surface area contributed by atoms with E-state index in [0.717, 1.165) is 11.3 Å². The van der Waals surface area contributed by atoms with Crippen LogP contribution in [-0.2, 0) is 6.54 Å². The number of aromatic nitrogens is 4. The van der Waals surface area contributed by atoms with Crippen molar-refractivity contribution in [2.24, 2.45) is 0 Å². The number of phenolic OH excluding ortho intramolecular Hbond substituents is 1. The molecule has 7 heteroatoms. The number of aromatic hydroxyl groups is 1. The molecule has 106 valence electrons. The molecule has 3 aromatic rings. The quantitative estimate of drug-likeness (QED) is 0.775. The van der Waals surface area contributed by atoms with Crippen LogP contribution in [0, 0.1) is 0 Å². The van der Waals surface area contributed by atoms with Crippen molar-refractivity contribution in [3.63, 3.8) is 0 Å². The Morgan fingerprint density at radius 3 is 2.86 bits per heavy atom. The molecule has 3 rings (SSSR count). The van der Waals surface area contributed by atoms with Crippen LogP contribution in [0.2, 0.25) is 5.02 Å². The number of nitrogens with one attached hydrogen (secondary N) is 1. The average Bonchev–Trinajstić information content (AvgIpc) is 3.03. The fourth-order valence-corrected chi connectivity index (χ4v) is 2.04. The third-order valence-corrected chi connectivity index (χ3v) is 3.16. The summed E-state index contributed by atoms with van der Waals surface area (Å²) in [6, 6.07) is 8.65. The van der Waals surface area contributed by atoms with Crippen molar-refractivity contribution in [1.29, 1.82) is 0 Å².